The Morgan fingerprint density at radius 1 is 1.02 bits per heavy atom. The lowest BCUT2D eigenvalue weighted by molar-refractivity contribution is -0.133. The molecule has 0 aliphatic carbocycles. The number of tetrazole rings is 1. The van der Waals surface area contributed by atoms with E-state index in [9.17, 15) is 14.4 Å². The van der Waals surface area contributed by atoms with Crippen LogP contribution in [0, 0.1) is 5.41 Å². The highest BCUT2D eigenvalue weighted by atomic mass is 35.5. The molecule has 256 valence electrons. The Morgan fingerprint density at radius 2 is 1.67 bits per heavy atom. The zero-order chi connectivity index (χ0) is 34.9. The number of ether oxygens (including phenoxy) is 1. The van der Waals surface area contributed by atoms with Crippen LogP contribution in [0.5, 0.6) is 0 Å². The van der Waals surface area contributed by atoms with Crippen LogP contribution in [0.1, 0.15) is 101 Å². The number of carbonyl (C=O) groups is 3. The van der Waals surface area contributed by atoms with Crippen LogP contribution in [0.15, 0.2) is 47.5 Å². The first kappa shape index (κ1) is 35.3. The summed E-state index contributed by atoms with van der Waals surface area (Å²) in [4.78, 5) is 49.3. The first-order valence-corrected chi connectivity index (χ1v) is 16.8. The maximum absolute atomic E-state index is 14.6. The summed E-state index contributed by atoms with van der Waals surface area (Å²) in [7, 11) is 0. The van der Waals surface area contributed by atoms with Crippen molar-refractivity contribution >= 4 is 46.8 Å². The number of nitrogens with zero attached hydrogens (tertiary/aromatic N) is 6. The highest BCUT2D eigenvalue weighted by Gasteiger charge is 2.52. The number of carbonyl (C=O) groups excluding carboxylic acids is 3. The van der Waals surface area contributed by atoms with E-state index >= 15 is 0 Å². The molecule has 12 nitrogen and oxygen atoms in total. The number of hydrogen-bond acceptors (Lipinski definition) is 8. The minimum Gasteiger partial charge on any atom is -0.444 e. The van der Waals surface area contributed by atoms with E-state index in [2.05, 4.69) is 46.7 Å². The van der Waals surface area contributed by atoms with E-state index in [1.54, 1.807) is 35.2 Å². The second-order valence-electron chi connectivity index (χ2n) is 14.5. The molecule has 2 N–H and O–H groups in total. The molecule has 1 atom stereocenters. The minimum atomic E-state index is -0.928. The van der Waals surface area contributed by atoms with Crippen LogP contribution in [0.25, 0.3) is 0 Å². The van der Waals surface area contributed by atoms with Crippen LogP contribution in [0.2, 0.25) is 10.0 Å². The van der Waals surface area contributed by atoms with Gasteiger partial charge in [0.15, 0.2) is 5.82 Å². The second kappa shape index (κ2) is 13.8. The number of rotatable bonds is 8. The molecule has 2 aliphatic rings. The zero-order valence-corrected chi connectivity index (χ0v) is 29.7. The lowest BCUT2D eigenvalue weighted by Crippen LogP contribution is -2.56. The van der Waals surface area contributed by atoms with Gasteiger partial charge in [-0.2, -0.15) is 5.21 Å². The minimum absolute atomic E-state index is 0.0204. The van der Waals surface area contributed by atoms with Crippen molar-refractivity contribution in [3.8, 4) is 0 Å². The van der Waals surface area contributed by atoms with Gasteiger partial charge in [-0.3, -0.25) is 14.6 Å². The monoisotopic (exact) mass is 696 g/mol. The predicted molar refractivity (Wildman–Crippen MR) is 183 cm³/mol. The molecule has 0 bridgehead atoms. The Labute approximate surface area is 290 Å². The number of aromatic nitrogens is 4. The van der Waals surface area contributed by atoms with Crippen LogP contribution in [-0.2, 0) is 16.1 Å². The number of nitrogens with one attached hydrogen (secondary N) is 2. The third kappa shape index (κ3) is 8.33. The molecular weight excluding hydrogens is 655 g/mol. The fraction of sp³-hybridized carbons (Fsp3) is 0.500. The molecule has 0 saturated carbocycles. The van der Waals surface area contributed by atoms with Gasteiger partial charge in [0.2, 0.25) is 0 Å². The average molecular weight is 698 g/mol. The lowest BCUT2D eigenvalue weighted by atomic mass is 9.84. The fourth-order valence-corrected chi connectivity index (χ4v) is 6.57. The number of likely N-dealkylation sites (tertiary alicyclic amines) is 1. The highest BCUT2D eigenvalue weighted by molar-refractivity contribution is 6.47. The van der Waals surface area contributed by atoms with Gasteiger partial charge in [-0.05, 0) is 74.9 Å². The third-order valence-corrected chi connectivity index (χ3v) is 8.81. The molecule has 1 spiro atoms. The molecule has 2 aliphatic heterocycles. The van der Waals surface area contributed by atoms with Gasteiger partial charge in [0.1, 0.15) is 17.0 Å². The van der Waals surface area contributed by atoms with Crippen molar-refractivity contribution in [2.75, 3.05) is 13.1 Å². The van der Waals surface area contributed by atoms with Crippen molar-refractivity contribution < 1.29 is 19.1 Å². The van der Waals surface area contributed by atoms with Crippen molar-refractivity contribution in [3.05, 3.63) is 75.0 Å². The quantitative estimate of drug-likeness (QED) is 0.279. The standard InChI is InChI=1S/C34H42Cl2N8O4/c1-32(2,3)12-11-26(21-7-9-22(10-8-21)29(45)37-20-27-39-41-42-40-27)44-30(46)28(23-17-24(35)19-25(36)18-23)38-34(44)13-15-43(16-14-34)31(47)48-33(4,5)6/h7-10,17-19,26H,11-16,20H2,1-6H3,(H,37,45)(H,39,40,41,42)/t26-/m1/s1. The largest absolute Gasteiger partial charge is 0.444 e. The Balaban J connectivity index is 1.49. The predicted octanol–water partition coefficient (Wildman–Crippen LogP) is 6.36. The third-order valence-electron chi connectivity index (χ3n) is 8.37. The first-order valence-electron chi connectivity index (χ1n) is 16.0. The molecule has 14 heteroatoms. The lowest BCUT2D eigenvalue weighted by Gasteiger charge is -2.46. The van der Waals surface area contributed by atoms with Crippen molar-refractivity contribution in [2.45, 2.75) is 91.1 Å². The van der Waals surface area contributed by atoms with Gasteiger partial charge in [0.25, 0.3) is 11.8 Å². The Hall–Kier alpha value is -4.03. The Kier molecular flexibility index (Phi) is 10.2. The number of halogens is 2. The maximum atomic E-state index is 14.6. The van der Waals surface area contributed by atoms with Crippen LogP contribution < -0.4 is 5.32 Å². The van der Waals surface area contributed by atoms with Gasteiger partial charge in [-0.1, -0.05) is 61.3 Å². The second-order valence-corrected chi connectivity index (χ2v) is 15.4. The number of aliphatic imine (C=N–C) groups is 1. The van der Waals surface area contributed by atoms with Gasteiger partial charge >= 0.3 is 6.09 Å². The van der Waals surface area contributed by atoms with Crippen molar-refractivity contribution in [1.29, 1.82) is 0 Å². The maximum Gasteiger partial charge on any atom is 0.410 e. The SMILES string of the molecule is CC(C)(C)CC[C@H](c1ccc(C(=O)NCc2nn[nH]n2)cc1)N1C(=O)C(c2cc(Cl)cc(Cl)c2)=NC12CCN(C(=O)OC(C)(C)C)CC2. The van der Waals surface area contributed by atoms with Gasteiger partial charge in [-0.15, -0.1) is 10.2 Å². The van der Waals surface area contributed by atoms with E-state index in [1.165, 1.54) is 0 Å². The van der Waals surface area contributed by atoms with Gasteiger partial charge in [-0.25, -0.2) is 4.79 Å². The van der Waals surface area contributed by atoms with E-state index < -0.39 is 17.4 Å². The highest BCUT2D eigenvalue weighted by Crippen LogP contribution is 2.45. The molecule has 0 unspecified atom stereocenters. The summed E-state index contributed by atoms with van der Waals surface area (Å²) in [5.41, 5.74) is 0.566. The first-order chi connectivity index (χ1) is 22.5. The molecular formula is C34H42Cl2N8O4. The van der Waals surface area contributed by atoms with Crippen LogP contribution in [0.3, 0.4) is 0 Å². The normalized spacial score (nSPS) is 17.0. The molecule has 3 aromatic rings. The molecule has 1 aromatic heterocycles. The summed E-state index contributed by atoms with van der Waals surface area (Å²) >= 11 is 12.8. The van der Waals surface area contributed by atoms with Crippen molar-refractivity contribution in [2.24, 2.45) is 10.4 Å². The summed E-state index contributed by atoms with van der Waals surface area (Å²) in [6, 6.07) is 11.9. The van der Waals surface area contributed by atoms with Gasteiger partial charge in [0, 0.05) is 47.1 Å². The molecule has 3 heterocycles. The molecule has 1 saturated heterocycles. The Morgan fingerprint density at radius 3 is 2.23 bits per heavy atom. The summed E-state index contributed by atoms with van der Waals surface area (Å²) in [5.74, 6) is -0.154. The molecule has 3 amide bonds. The number of H-pyrrole nitrogens is 1. The number of amides is 3. The van der Waals surface area contributed by atoms with Crippen LogP contribution in [-0.4, -0.2) is 78.4 Å². The summed E-state index contributed by atoms with van der Waals surface area (Å²) < 4.78 is 5.65. The van der Waals surface area contributed by atoms with Gasteiger partial charge < -0.3 is 19.9 Å². The fourth-order valence-electron chi connectivity index (χ4n) is 6.04. The summed E-state index contributed by atoms with van der Waals surface area (Å²) in [5, 5.41) is 17.2. The van der Waals surface area contributed by atoms with Crippen LogP contribution >= 0.6 is 23.2 Å². The number of piperidine rings is 1. The molecule has 5 rings (SSSR count). The van der Waals surface area contributed by atoms with Crippen molar-refractivity contribution in [3.63, 3.8) is 0 Å². The number of hydrogen-bond donors (Lipinski definition) is 2. The topological polar surface area (TPSA) is 146 Å². The van der Waals surface area contributed by atoms with E-state index in [-0.39, 0.29) is 35.5 Å². The van der Waals surface area contributed by atoms with E-state index in [1.807, 2.05) is 37.8 Å². The average Bonchev–Trinajstić information content (AvgIpc) is 3.62. The summed E-state index contributed by atoms with van der Waals surface area (Å²) in [6.07, 6.45) is 1.90. The smallest absolute Gasteiger partial charge is 0.410 e. The summed E-state index contributed by atoms with van der Waals surface area (Å²) in [6.45, 7) is 12.8. The molecule has 1 fully saturated rings. The molecule has 0 radical (unpaired) electrons. The van der Waals surface area contributed by atoms with E-state index in [4.69, 9.17) is 32.9 Å². The number of aromatic amines is 1. The van der Waals surface area contributed by atoms with Crippen LogP contribution in [0.4, 0.5) is 4.79 Å². The van der Waals surface area contributed by atoms with E-state index in [0.29, 0.717) is 59.3 Å². The number of benzene rings is 2. The Bertz CT molecular complexity index is 1650. The van der Waals surface area contributed by atoms with Crippen molar-refractivity contribution in [1.82, 2.24) is 35.7 Å². The molecule has 48 heavy (non-hydrogen) atoms. The van der Waals surface area contributed by atoms with E-state index in [0.717, 1.165) is 12.0 Å². The zero-order valence-electron chi connectivity index (χ0n) is 28.1. The van der Waals surface area contributed by atoms with Gasteiger partial charge in [0.05, 0.1) is 12.6 Å². The molecule has 2 aromatic carbocycles.